The van der Waals surface area contributed by atoms with Crippen LogP contribution in [0.1, 0.15) is 31.6 Å². The second kappa shape index (κ2) is 7.64. The smallest absolute Gasteiger partial charge is 0.320 e. The summed E-state index contributed by atoms with van der Waals surface area (Å²) < 4.78 is 11.5. The lowest BCUT2D eigenvalue weighted by atomic mass is 10.2. The largest absolute Gasteiger partial charge is 0.376 e. The van der Waals surface area contributed by atoms with Gasteiger partial charge >= 0.3 is 6.03 Å². The molecule has 23 heavy (non-hydrogen) atoms. The fourth-order valence-electron chi connectivity index (χ4n) is 3.37. The van der Waals surface area contributed by atoms with Gasteiger partial charge in [-0.1, -0.05) is 6.07 Å². The number of nitrogens with zero attached hydrogens (tertiary/aromatic N) is 2. The molecule has 3 rings (SSSR count). The van der Waals surface area contributed by atoms with Crippen LogP contribution in [0.2, 0.25) is 0 Å². The van der Waals surface area contributed by atoms with Gasteiger partial charge in [0.25, 0.3) is 0 Å². The number of hydrogen-bond donors (Lipinski definition) is 0. The number of rotatable bonds is 4. The van der Waals surface area contributed by atoms with Gasteiger partial charge in [0, 0.05) is 31.1 Å². The molecular formula is C17H26N2O3S. The lowest BCUT2D eigenvalue weighted by molar-refractivity contribution is -0.0594. The van der Waals surface area contributed by atoms with Crippen LogP contribution < -0.4 is 0 Å². The number of carbonyl (C=O) groups excluding carboxylic acids is 1. The zero-order valence-corrected chi connectivity index (χ0v) is 14.8. The molecule has 2 aliphatic rings. The minimum Gasteiger partial charge on any atom is -0.376 e. The van der Waals surface area contributed by atoms with Gasteiger partial charge < -0.3 is 19.3 Å². The van der Waals surface area contributed by atoms with Gasteiger partial charge in [-0.3, -0.25) is 0 Å². The fraction of sp³-hybridized carbons (Fsp3) is 0.706. The van der Waals surface area contributed by atoms with Crippen LogP contribution in [0.3, 0.4) is 0 Å². The summed E-state index contributed by atoms with van der Waals surface area (Å²) in [4.78, 5) is 18.1. The van der Waals surface area contributed by atoms with Crippen LogP contribution in [0, 0.1) is 0 Å². The molecule has 3 atom stereocenters. The summed E-state index contributed by atoms with van der Waals surface area (Å²) in [6, 6.07) is 4.23. The zero-order valence-electron chi connectivity index (χ0n) is 13.9. The Morgan fingerprint density at radius 3 is 2.78 bits per heavy atom. The van der Waals surface area contributed by atoms with Crippen LogP contribution in [0.15, 0.2) is 17.5 Å². The lowest BCUT2D eigenvalue weighted by Gasteiger charge is -2.38. The Balaban J connectivity index is 1.68. The molecule has 2 saturated heterocycles. The van der Waals surface area contributed by atoms with Crippen molar-refractivity contribution >= 4 is 17.4 Å². The quantitative estimate of drug-likeness (QED) is 0.848. The molecule has 3 heterocycles. The summed E-state index contributed by atoms with van der Waals surface area (Å²) in [7, 11) is 0. The number of hydrogen-bond acceptors (Lipinski definition) is 4. The van der Waals surface area contributed by atoms with E-state index in [9.17, 15) is 4.79 Å². The van der Waals surface area contributed by atoms with Gasteiger partial charge in [0.2, 0.25) is 0 Å². The van der Waals surface area contributed by atoms with E-state index in [0.29, 0.717) is 26.2 Å². The zero-order chi connectivity index (χ0) is 16.2. The number of amides is 2. The van der Waals surface area contributed by atoms with Crippen molar-refractivity contribution in [1.82, 2.24) is 9.80 Å². The molecule has 0 radical (unpaired) electrons. The Hall–Kier alpha value is -1.11. The molecule has 2 aliphatic heterocycles. The molecule has 0 N–H and O–H groups in total. The van der Waals surface area contributed by atoms with Crippen LogP contribution in [-0.4, -0.2) is 60.4 Å². The van der Waals surface area contributed by atoms with Crippen LogP contribution in [0.5, 0.6) is 0 Å². The molecule has 0 spiro atoms. The molecule has 0 bridgehead atoms. The third kappa shape index (κ3) is 4.46. The van der Waals surface area contributed by atoms with E-state index in [0.717, 1.165) is 19.4 Å². The van der Waals surface area contributed by atoms with Gasteiger partial charge in [0.1, 0.15) is 0 Å². The van der Waals surface area contributed by atoms with Gasteiger partial charge in [-0.25, -0.2) is 4.79 Å². The first-order valence-corrected chi connectivity index (χ1v) is 9.33. The van der Waals surface area contributed by atoms with Crippen LogP contribution >= 0.6 is 11.3 Å². The van der Waals surface area contributed by atoms with Crippen molar-refractivity contribution in [3.63, 3.8) is 0 Å². The van der Waals surface area contributed by atoms with Gasteiger partial charge in [0.15, 0.2) is 0 Å². The highest BCUT2D eigenvalue weighted by atomic mass is 32.1. The minimum atomic E-state index is 0.0917. The molecule has 0 saturated carbocycles. The predicted octanol–water partition coefficient (Wildman–Crippen LogP) is 2.96. The molecule has 5 nitrogen and oxygen atoms in total. The fourth-order valence-corrected chi connectivity index (χ4v) is 4.09. The second-order valence-corrected chi connectivity index (χ2v) is 7.57. The highest BCUT2D eigenvalue weighted by molar-refractivity contribution is 7.09. The Morgan fingerprint density at radius 1 is 1.39 bits per heavy atom. The van der Waals surface area contributed by atoms with Crippen molar-refractivity contribution in [1.29, 1.82) is 0 Å². The van der Waals surface area contributed by atoms with E-state index in [1.165, 1.54) is 4.88 Å². The molecular weight excluding hydrogens is 312 g/mol. The molecule has 3 unspecified atom stereocenters. The van der Waals surface area contributed by atoms with Crippen molar-refractivity contribution in [2.45, 2.75) is 51.5 Å². The Kier molecular flexibility index (Phi) is 5.56. The number of morpholine rings is 1. The summed E-state index contributed by atoms with van der Waals surface area (Å²) in [5.41, 5.74) is 0. The van der Waals surface area contributed by atoms with Crippen molar-refractivity contribution in [2.75, 3.05) is 26.2 Å². The maximum Gasteiger partial charge on any atom is 0.320 e. The van der Waals surface area contributed by atoms with E-state index < -0.39 is 0 Å². The molecule has 1 aromatic heterocycles. The third-order valence-electron chi connectivity index (χ3n) is 4.34. The summed E-state index contributed by atoms with van der Waals surface area (Å²) in [5, 5.41) is 2.06. The van der Waals surface area contributed by atoms with Gasteiger partial charge in [-0.15, -0.1) is 11.3 Å². The van der Waals surface area contributed by atoms with Gasteiger partial charge in [-0.05, 0) is 38.1 Å². The summed E-state index contributed by atoms with van der Waals surface area (Å²) in [6.07, 6.45) is 2.50. The topological polar surface area (TPSA) is 42.0 Å². The molecule has 2 amide bonds. The van der Waals surface area contributed by atoms with Crippen molar-refractivity contribution in [2.24, 2.45) is 0 Å². The highest BCUT2D eigenvalue weighted by Gasteiger charge is 2.31. The maximum absolute atomic E-state index is 13.0. The molecule has 2 fully saturated rings. The number of thiophene rings is 1. The SMILES string of the molecule is CC1CN(C(=O)N(Cc2cccs2)CC2CCCO2)CC(C)O1. The van der Waals surface area contributed by atoms with Crippen LogP contribution in [0.25, 0.3) is 0 Å². The molecule has 0 aliphatic carbocycles. The first-order chi connectivity index (χ1) is 11.1. The predicted molar refractivity (Wildman–Crippen MR) is 90.7 cm³/mol. The minimum absolute atomic E-state index is 0.0917. The highest BCUT2D eigenvalue weighted by Crippen LogP contribution is 2.20. The Labute approximate surface area is 142 Å². The summed E-state index contributed by atoms with van der Waals surface area (Å²) >= 11 is 1.70. The lowest BCUT2D eigenvalue weighted by Crippen LogP contribution is -2.53. The van der Waals surface area contributed by atoms with Crippen LogP contribution in [-0.2, 0) is 16.0 Å². The van der Waals surface area contributed by atoms with Crippen molar-refractivity contribution in [3.05, 3.63) is 22.4 Å². The van der Waals surface area contributed by atoms with E-state index >= 15 is 0 Å². The van der Waals surface area contributed by atoms with Crippen LogP contribution in [0.4, 0.5) is 4.79 Å². The Bertz CT molecular complexity index is 492. The third-order valence-corrected chi connectivity index (χ3v) is 5.20. The molecule has 0 aromatic carbocycles. The van der Waals surface area contributed by atoms with E-state index in [1.807, 2.05) is 29.7 Å². The second-order valence-electron chi connectivity index (χ2n) is 6.54. The first kappa shape index (κ1) is 16.7. The average Bonchev–Trinajstić information content (AvgIpc) is 3.18. The first-order valence-electron chi connectivity index (χ1n) is 8.45. The summed E-state index contributed by atoms with van der Waals surface area (Å²) in [5.74, 6) is 0. The monoisotopic (exact) mass is 338 g/mol. The van der Waals surface area contributed by atoms with E-state index in [1.54, 1.807) is 11.3 Å². The van der Waals surface area contributed by atoms with E-state index in [4.69, 9.17) is 9.47 Å². The van der Waals surface area contributed by atoms with E-state index in [2.05, 4.69) is 11.4 Å². The van der Waals surface area contributed by atoms with Gasteiger partial charge in [0.05, 0.1) is 24.9 Å². The molecule has 6 heteroatoms. The number of carbonyl (C=O) groups is 1. The van der Waals surface area contributed by atoms with E-state index in [-0.39, 0.29) is 24.3 Å². The number of ether oxygens (including phenoxy) is 2. The normalized spacial score (nSPS) is 28.1. The number of urea groups is 1. The standard InChI is InChI=1S/C17H26N2O3S/c1-13-9-18(10-14(2)22-13)17(20)19(11-15-5-3-7-21-15)12-16-6-4-8-23-16/h4,6,8,13-15H,3,5,7,9-12H2,1-2H3. The van der Waals surface area contributed by atoms with Gasteiger partial charge in [-0.2, -0.15) is 0 Å². The average molecular weight is 338 g/mol. The Morgan fingerprint density at radius 2 is 2.17 bits per heavy atom. The molecule has 1 aromatic rings. The van der Waals surface area contributed by atoms with Crippen molar-refractivity contribution < 1.29 is 14.3 Å². The summed E-state index contributed by atoms with van der Waals surface area (Å²) in [6.45, 7) is 7.54. The maximum atomic E-state index is 13.0. The molecule has 128 valence electrons. The van der Waals surface area contributed by atoms with Crippen molar-refractivity contribution in [3.8, 4) is 0 Å².